The highest BCUT2D eigenvalue weighted by molar-refractivity contribution is 6.77. The van der Waals surface area contributed by atoms with Crippen LogP contribution in [0.3, 0.4) is 0 Å². The van der Waals surface area contributed by atoms with E-state index < -0.39 is 32.5 Å². The SMILES string of the molecule is C1=C(C2=CC34C5=C6C7=C3C3(c8ccccc8)c8c9c%10c%11c(c%12c%13c%14c(c%15c%16c%17c(c%18c%19c%20c(c3c3c8c8c%10c%10c%21c%11c%13c%11c%13c%14c%16c%14c%16c%17c%19c%17c%19c%20c3c3c8c%10c8c(c%11%21)c(c%13%14)c(c%16%17)c8c3%19)C%184c3ccccc32)C5%15c2ccccc2)C6%12c2ccccc2)C79c2ccccc2)CCCC1. The molecule has 13 aliphatic rings. The molecule has 4 unspecified atom stereocenters. The summed E-state index contributed by atoms with van der Waals surface area (Å²) in [5.74, 6) is 0. The van der Waals surface area contributed by atoms with Gasteiger partial charge in [0.15, 0.2) is 0 Å². The summed E-state index contributed by atoms with van der Waals surface area (Å²) in [5, 5.41) is 65.3. The lowest BCUT2D eigenvalue weighted by Gasteiger charge is -2.67. The van der Waals surface area contributed by atoms with E-state index in [1.54, 1.807) is 305 Å². The molecule has 0 fully saturated rings. The molecule has 0 heterocycles. The van der Waals surface area contributed by atoms with E-state index in [1.165, 1.54) is 46.2 Å². The summed E-state index contributed by atoms with van der Waals surface area (Å²) in [7, 11) is 0. The number of allylic oxidation sites excluding steroid dienone is 8. The van der Waals surface area contributed by atoms with E-state index in [0.717, 1.165) is 12.8 Å². The van der Waals surface area contributed by atoms with Gasteiger partial charge in [-0.15, -0.1) is 0 Å². The molecule has 26 aromatic carbocycles. The molecule has 0 nitrogen and oxygen atoms in total. The minimum Gasteiger partial charge on any atom is -0.0807 e. The largest absolute Gasteiger partial charge is 0.0807 e. The lowest BCUT2D eigenvalue weighted by molar-refractivity contribution is 0.279. The van der Waals surface area contributed by atoms with Crippen LogP contribution in [0.2, 0.25) is 0 Å². The lowest BCUT2D eigenvalue weighted by Crippen LogP contribution is -2.64. The van der Waals surface area contributed by atoms with Crippen LogP contribution in [-0.2, 0) is 27.1 Å². The fourth-order valence-corrected chi connectivity index (χ4v) is 32.8. The monoisotopic (exact) mass is 1210 g/mol. The Morgan fingerprint density at radius 1 is 0.235 bits per heavy atom. The zero-order valence-corrected chi connectivity index (χ0v) is 51.8. The molecule has 0 aromatic heterocycles. The molecule has 0 N–H and O–H groups in total. The van der Waals surface area contributed by atoms with E-state index in [4.69, 9.17) is 0 Å². The van der Waals surface area contributed by atoms with Gasteiger partial charge in [-0.25, -0.2) is 0 Å². The van der Waals surface area contributed by atoms with Gasteiger partial charge in [0.2, 0.25) is 0 Å². The third-order valence-corrected chi connectivity index (χ3v) is 33.3. The first-order chi connectivity index (χ1) is 48.8. The van der Waals surface area contributed by atoms with Gasteiger partial charge in [-0.05, 0) is 364 Å². The van der Waals surface area contributed by atoms with Gasteiger partial charge in [0.05, 0.1) is 32.5 Å². The Bertz CT molecular complexity index is 8500. The zero-order chi connectivity index (χ0) is 60.0. The van der Waals surface area contributed by atoms with Crippen LogP contribution in [-0.4, -0.2) is 0 Å². The second kappa shape index (κ2) is 10.6. The van der Waals surface area contributed by atoms with Crippen molar-refractivity contribution in [2.24, 2.45) is 5.41 Å². The summed E-state index contributed by atoms with van der Waals surface area (Å²) in [4.78, 5) is 0. The van der Waals surface area contributed by atoms with Crippen molar-refractivity contribution in [3.05, 3.63) is 275 Å². The lowest BCUT2D eigenvalue weighted by atomic mass is 9.32. The Kier molecular flexibility index (Phi) is 4.48. The fraction of sp³-hybridized carbons (Fsp3) is 0.102. The predicted octanol–water partition coefficient (Wildman–Crippen LogP) is 23.4. The third kappa shape index (κ3) is 2.57. The average Bonchev–Trinajstić information content (AvgIpc) is 1.36. The molecule has 0 bridgehead atoms. The highest BCUT2D eigenvalue weighted by atomic mass is 14.9. The van der Waals surface area contributed by atoms with Crippen LogP contribution in [0, 0.1) is 5.41 Å². The van der Waals surface area contributed by atoms with Crippen molar-refractivity contribution in [3.63, 3.8) is 0 Å². The Morgan fingerprint density at radius 2 is 0.500 bits per heavy atom. The molecule has 0 amide bonds. The van der Waals surface area contributed by atoms with Crippen molar-refractivity contribution in [1.29, 1.82) is 0 Å². The smallest absolute Gasteiger partial charge is 0.0724 e. The van der Waals surface area contributed by atoms with E-state index in [0.29, 0.717) is 0 Å². The van der Waals surface area contributed by atoms with E-state index >= 15 is 0 Å². The van der Waals surface area contributed by atoms with Crippen LogP contribution in [0.4, 0.5) is 0 Å². The normalized spacial score (nSPS) is 27.5. The van der Waals surface area contributed by atoms with Gasteiger partial charge in [0.25, 0.3) is 0 Å². The Labute approximate surface area is 550 Å². The first-order valence-corrected chi connectivity index (χ1v) is 36.8. The molecule has 39 rings (SSSR count). The van der Waals surface area contributed by atoms with Crippen LogP contribution in [0.25, 0.3) is 221 Å². The summed E-state index contributed by atoms with van der Waals surface area (Å²) in [5.41, 5.74) is 31.6. The van der Waals surface area contributed by atoms with Gasteiger partial charge < -0.3 is 0 Å². The van der Waals surface area contributed by atoms with E-state index in [9.17, 15) is 0 Å². The van der Waals surface area contributed by atoms with Crippen LogP contribution in [0.15, 0.2) is 186 Å². The maximum absolute atomic E-state index is 3.23. The topological polar surface area (TPSA) is 0 Å². The van der Waals surface area contributed by atoms with Crippen LogP contribution < -0.4 is 0 Å². The molecule has 0 aliphatic heterocycles. The van der Waals surface area contributed by atoms with E-state index in [1.807, 2.05) is 0 Å². The molecular formula is C98H34. The quantitative estimate of drug-likeness (QED) is 0.151. The van der Waals surface area contributed by atoms with Crippen molar-refractivity contribution >= 4 is 221 Å². The van der Waals surface area contributed by atoms with Crippen LogP contribution >= 0.6 is 0 Å². The first kappa shape index (κ1) is 41.5. The summed E-state index contributed by atoms with van der Waals surface area (Å²) in [6, 6.07) is 61.2. The van der Waals surface area contributed by atoms with Crippen molar-refractivity contribution in [3.8, 4) is 0 Å². The molecular weight excluding hydrogens is 1180 g/mol. The molecule has 0 heteroatoms. The molecule has 0 radical (unpaired) electrons. The number of hydrogen-bond donors (Lipinski definition) is 0. The van der Waals surface area contributed by atoms with Crippen LogP contribution in [0.1, 0.15) is 115 Å². The molecule has 98 heavy (non-hydrogen) atoms. The standard InChI is InChI=1S/C98H34/c1-6-18-31(19-7-1)37-30-93-91-89-90-92(93)97(35-26-14-5-15-27-35)84-74-64-54-46-41-39-40-42-43(41)48-56(54)66-68-58(48)57-47(42)55-53-45(40)51-49-44(39)50-52(46)62(64)72-70-60(50)59(49)69-71-61(51)63(53)73-75-65(55)67(57)77-78(68)88(86(97)76(66)74)98(93,38-29-17-16-28-36(37)38)87(77)85(75)96(91,34-24-12-4-13-25-34)83(73)81(71)94(89,32-20-8-2-9-21-32)79(69)80(70)95(90,82(72)84)33-22-10-3-11-23-33/h2-5,8-18,20-30H,1,6-7,19H2. The number of fused-ring (bicyclic) bond motifs is 1. The molecule has 426 valence electrons. The zero-order valence-electron chi connectivity index (χ0n) is 51.8. The highest BCUT2D eigenvalue weighted by Crippen LogP contribution is 2.96. The summed E-state index contributed by atoms with van der Waals surface area (Å²) in [6.45, 7) is 0. The molecule has 26 aromatic rings. The minimum absolute atomic E-state index is 0.675. The Morgan fingerprint density at radius 3 is 0.816 bits per heavy atom. The maximum Gasteiger partial charge on any atom is 0.0724 e. The van der Waals surface area contributed by atoms with Gasteiger partial charge in [-0.2, -0.15) is 0 Å². The fourth-order valence-electron chi connectivity index (χ4n) is 32.8. The van der Waals surface area contributed by atoms with Gasteiger partial charge in [0, 0.05) is 0 Å². The molecule has 0 saturated heterocycles. The summed E-state index contributed by atoms with van der Waals surface area (Å²) < 4.78 is 0. The Hall–Kier alpha value is -11.4. The van der Waals surface area contributed by atoms with E-state index in [2.05, 4.69) is 158 Å². The van der Waals surface area contributed by atoms with Gasteiger partial charge in [0.1, 0.15) is 0 Å². The van der Waals surface area contributed by atoms with Crippen LogP contribution in [0.5, 0.6) is 0 Å². The number of rotatable bonds is 5. The van der Waals surface area contributed by atoms with Gasteiger partial charge in [-0.1, -0.05) is 158 Å². The minimum atomic E-state index is -0.745. The number of benzene rings is 20. The van der Waals surface area contributed by atoms with Crippen molar-refractivity contribution < 1.29 is 0 Å². The van der Waals surface area contributed by atoms with E-state index in [-0.39, 0.29) is 0 Å². The van der Waals surface area contributed by atoms with Crippen molar-refractivity contribution in [2.75, 3.05) is 0 Å². The molecule has 2 spiro atoms. The first-order valence-electron chi connectivity index (χ1n) is 36.8. The highest BCUT2D eigenvalue weighted by Gasteiger charge is 2.87. The molecule has 0 saturated carbocycles. The summed E-state index contributed by atoms with van der Waals surface area (Å²) in [6.07, 6.45) is 10.7. The molecule has 4 atom stereocenters. The Balaban J connectivity index is 1.02. The number of hydrogen-bond acceptors (Lipinski definition) is 0. The average molecular weight is 1210 g/mol. The summed E-state index contributed by atoms with van der Waals surface area (Å²) >= 11 is 0. The van der Waals surface area contributed by atoms with Gasteiger partial charge >= 0.3 is 0 Å². The molecule has 13 aliphatic carbocycles. The maximum atomic E-state index is 3.23. The second-order valence-corrected chi connectivity index (χ2v) is 34.4. The van der Waals surface area contributed by atoms with Crippen molar-refractivity contribution in [1.82, 2.24) is 0 Å². The predicted molar refractivity (Wildman–Crippen MR) is 401 cm³/mol. The second-order valence-electron chi connectivity index (χ2n) is 34.4. The van der Waals surface area contributed by atoms with Gasteiger partial charge in [-0.3, -0.25) is 0 Å². The third-order valence-electron chi connectivity index (χ3n) is 33.3. The van der Waals surface area contributed by atoms with Crippen molar-refractivity contribution in [2.45, 2.75) is 52.8 Å².